The van der Waals surface area contributed by atoms with Crippen LogP contribution in [0.25, 0.3) is 0 Å². The zero-order valence-corrected chi connectivity index (χ0v) is 15.0. The molecule has 1 unspecified atom stereocenters. The Kier molecular flexibility index (Phi) is 4.98. The Morgan fingerprint density at radius 1 is 1.08 bits per heavy atom. The van der Waals surface area contributed by atoms with Gasteiger partial charge in [-0.1, -0.05) is 0 Å². The molecule has 2 bridgehead atoms. The predicted octanol–water partition coefficient (Wildman–Crippen LogP) is -0.826. The van der Waals surface area contributed by atoms with E-state index in [4.69, 9.17) is 0 Å². The molecule has 8 nitrogen and oxygen atoms in total. The Hall–Kier alpha value is -1.93. The highest BCUT2D eigenvalue weighted by atomic mass is 15.4. The lowest BCUT2D eigenvalue weighted by Crippen LogP contribution is -2.64. The van der Waals surface area contributed by atoms with Gasteiger partial charge in [0, 0.05) is 90.9 Å². The van der Waals surface area contributed by atoms with Gasteiger partial charge in [-0.15, -0.1) is 0 Å². The summed E-state index contributed by atoms with van der Waals surface area (Å²) < 4.78 is 0. The van der Waals surface area contributed by atoms with Crippen LogP contribution in [0.5, 0.6) is 0 Å². The second kappa shape index (κ2) is 7.53. The summed E-state index contributed by atoms with van der Waals surface area (Å²) in [4.78, 5) is 23.0. The fraction of sp³-hybridized carbons (Fsp3) is 0.706. The van der Waals surface area contributed by atoms with Crippen molar-refractivity contribution >= 4 is 11.9 Å². The zero-order chi connectivity index (χ0) is 17.1. The summed E-state index contributed by atoms with van der Waals surface area (Å²) in [6.45, 7) is 10.8. The van der Waals surface area contributed by atoms with Gasteiger partial charge in [-0.3, -0.25) is 14.8 Å². The third-order valence-corrected chi connectivity index (χ3v) is 5.51. The first-order valence-electron chi connectivity index (χ1n) is 9.27. The molecule has 1 atom stereocenters. The molecule has 5 heterocycles. The third kappa shape index (κ3) is 3.69. The van der Waals surface area contributed by atoms with Gasteiger partial charge in [0.25, 0.3) is 0 Å². The van der Waals surface area contributed by atoms with E-state index in [-0.39, 0.29) is 0 Å². The molecule has 8 heteroatoms. The van der Waals surface area contributed by atoms with Crippen LogP contribution >= 0.6 is 0 Å². The van der Waals surface area contributed by atoms with Crippen molar-refractivity contribution in [1.82, 2.24) is 30.0 Å². The molecule has 1 aromatic rings. The fourth-order valence-corrected chi connectivity index (χ4v) is 4.03. The molecule has 4 aliphatic heterocycles. The van der Waals surface area contributed by atoms with Gasteiger partial charge in [-0.2, -0.15) is 0 Å². The maximum Gasteiger partial charge on any atom is 0.225 e. The maximum atomic E-state index is 4.51. The number of hydrogen-bond acceptors (Lipinski definition) is 6. The van der Waals surface area contributed by atoms with E-state index < -0.39 is 0 Å². The lowest BCUT2D eigenvalue weighted by molar-refractivity contribution is 0.0152. The van der Waals surface area contributed by atoms with Gasteiger partial charge in [0.05, 0.1) is 0 Å². The van der Waals surface area contributed by atoms with E-state index >= 15 is 0 Å². The van der Waals surface area contributed by atoms with Crippen molar-refractivity contribution in [2.75, 3.05) is 77.4 Å². The molecule has 1 aromatic heterocycles. The molecule has 0 radical (unpaired) electrons. The molecule has 0 aromatic carbocycles. The monoisotopic (exact) mass is 344 g/mol. The van der Waals surface area contributed by atoms with E-state index in [2.05, 4.69) is 39.9 Å². The van der Waals surface area contributed by atoms with Crippen molar-refractivity contribution < 1.29 is 0 Å². The number of aliphatic imine (C=N–C) groups is 1. The summed E-state index contributed by atoms with van der Waals surface area (Å²) in [5.74, 6) is 1.84. The number of fused-ring (bicyclic) bond motifs is 3. The van der Waals surface area contributed by atoms with Crippen LogP contribution < -0.4 is 10.2 Å². The quantitative estimate of drug-likeness (QED) is 0.567. The van der Waals surface area contributed by atoms with Gasteiger partial charge in [-0.05, 0) is 6.07 Å². The minimum Gasteiger partial charge on any atom is -0.355 e. The van der Waals surface area contributed by atoms with E-state index in [0.29, 0.717) is 6.04 Å². The van der Waals surface area contributed by atoms with Crippen LogP contribution in [-0.4, -0.2) is 109 Å². The molecule has 0 amide bonds. The van der Waals surface area contributed by atoms with Crippen molar-refractivity contribution in [3.63, 3.8) is 0 Å². The summed E-state index contributed by atoms with van der Waals surface area (Å²) in [7, 11) is 1.88. The molecule has 0 spiro atoms. The van der Waals surface area contributed by atoms with Gasteiger partial charge < -0.3 is 15.1 Å². The average Bonchev–Trinajstić information content (AvgIpc) is 2.70. The van der Waals surface area contributed by atoms with Gasteiger partial charge in [0.15, 0.2) is 5.96 Å². The normalized spacial score (nSPS) is 29.8. The maximum absolute atomic E-state index is 4.51. The molecule has 136 valence electrons. The number of anilines is 1. The number of piperazine rings is 4. The first kappa shape index (κ1) is 16.5. The Morgan fingerprint density at radius 2 is 1.80 bits per heavy atom. The first-order valence-corrected chi connectivity index (χ1v) is 9.27. The van der Waals surface area contributed by atoms with Crippen LogP contribution in [0, 0.1) is 0 Å². The van der Waals surface area contributed by atoms with Crippen LogP contribution in [0.4, 0.5) is 5.95 Å². The Bertz CT molecular complexity index is 576. The summed E-state index contributed by atoms with van der Waals surface area (Å²) in [6, 6.07) is 2.47. The molecule has 4 fully saturated rings. The van der Waals surface area contributed by atoms with Crippen LogP contribution in [-0.2, 0) is 0 Å². The van der Waals surface area contributed by atoms with E-state index in [1.165, 1.54) is 32.7 Å². The van der Waals surface area contributed by atoms with Gasteiger partial charge in [0.2, 0.25) is 5.95 Å². The van der Waals surface area contributed by atoms with E-state index in [1.807, 2.05) is 13.1 Å². The molecule has 1 N–H and O–H groups in total. The molecule has 4 aliphatic rings. The lowest BCUT2D eigenvalue weighted by atomic mass is 10.1. The number of guanidine groups is 1. The highest BCUT2D eigenvalue weighted by Gasteiger charge is 2.32. The summed E-state index contributed by atoms with van der Waals surface area (Å²) >= 11 is 0. The Labute approximate surface area is 149 Å². The summed E-state index contributed by atoms with van der Waals surface area (Å²) in [6.07, 6.45) is 3.61. The second-order valence-corrected chi connectivity index (χ2v) is 6.94. The van der Waals surface area contributed by atoms with Crippen molar-refractivity contribution in [1.29, 1.82) is 0 Å². The molecule has 0 saturated carbocycles. The number of nitrogens with zero attached hydrogens (tertiary/aromatic N) is 7. The second-order valence-electron chi connectivity index (χ2n) is 6.94. The lowest BCUT2D eigenvalue weighted by Gasteiger charge is -2.47. The van der Waals surface area contributed by atoms with E-state index in [9.17, 15) is 0 Å². The zero-order valence-electron chi connectivity index (χ0n) is 15.0. The molecular formula is C17H28N8. The van der Waals surface area contributed by atoms with Crippen LogP contribution in [0.3, 0.4) is 0 Å². The van der Waals surface area contributed by atoms with Gasteiger partial charge >= 0.3 is 0 Å². The summed E-state index contributed by atoms with van der Waals surface area (Å²) in [5.41, 5.74) is 0. The minimum atomic E-state index is 0.609. The minimum absolute atomic E-state index is 0.609. The molecule has 25 heavy (non-hydrogen) atoms. The largest absolute Gasteiger partial charge is 0.355 e. The standard InChI is InChI=1S/C17H28N8/c1-18-16(21-13-15-14-22-5-7-23(15)8-6-22)24-9-11-25(12-10-24)17-19-3-2-4-20-17/h2-4,15H,5-14H2,1H3,(H,18,21). The third-order valence-electron chi connectivity index (χ3n) is 5.51. The fourth-order valence-electron chi connectivity index (χ4n) is 4.03. The van der Waals surface area contributed by atoms with E-state index in [1.54, 1.807) is 12.4 Å². The van der Waals surface area contributed by atoms with E-state index in [0.717, 1.165) is 44.6 Å². The average molecular weight is 344 g/mol. The number of nitrogens with one attached hydrogen (secondary N) is 1. The first-order chi connectivity index (χ1) is 12.3. The Balaban J connectivity index is 1.28. The van der Waals surface area contributed by atoms with Crippen LogP contribution in [0.15, 0.2) is 23.5 Å². The van der Waals surface area contributed by atoms with Crippen LogP contribution in [0.2, 0.25) is 0 Å². The van der Waals surface area contributed by atoms with Gasteiger partial charge in [0.1, 0.15) is 0 Å². The smallest absolute Gasteiger partial charge is 0.225 e. The van der Waals surface area contributed by atoms with Crippen molar-refractivity contribution in [3.8, 4) is 0 Å². The number of aromatic nitrogens is 2. The molecule has 4 saturated heterocycles. The SMILES string of the molecule is CN=C(NCC1CN2CCN1CC2)N1CCN(c2ncccn2)CC1. The van der Waals surface area contributed by atoms with Crippen molar-refractivity contribution in [2.24, 2.45) is 4.99 Å². The van der Waals surface area contributed by atoms with Crippen LogP contribution in [0.1, 0.15) is 0 Å². The summed E-state index contributed by atoms with van der Waals surface area (Å²) in [5, 5.41) is 3.61. The molecule has 5 rings (SSSR count). The molecule has 0 aliphatic carbocycles. The van der Waals surface area contributed by atoms with Gasteiger partial charge in [-0.25, -0.2) is 9.97 Å². The van der Waals surface area contributed by atoms with Crippen molar-refractivity contribution in [2.45, 2.75) is 6.04 Å². The number of rotatable bonds is 3. The molecular weight excluding hydrogens is 316 g/mol. The predicted molar refractivity (Wildman–Crippen MR) is 99.0 cm³/mol. The Morgan fingerprint density at radius 3 is 2.40 bits per heavy atom. The highest BCUT2D eigenvalue weighted by Crippen LogP contribution is 2.15. The topological polar surface area (TPSA) is 63.1 Å². The number of hydrogen-bond donors (Lipinski definition) is 1. The highest BCUT2D eigenvalue weighted by molar-refractivity contribution is 5.80. The van der Waals surface area contributed by atoms with Crippen molar-refractivity contribution in [3.05, 3.63) is 18.5 Å².